The first kappa shape index (κ1) is 18.0. The van der Waals surface area contributed by atoms with Crippen molar-refractivity contribution in [3.05, 3.63) is 28.6 Å². The Balaban J connectivity index is 2.01. The molecule has 8 nitrogen and oxygen atoms in total. The van der Waals surface area contributed by atoms with Crippen LogP contribution in [0.25, 0.3) is 10.2 Å². The fraction of sp³-hybridized carbons (Fsp3) is 0.353. The number of aromatic nitrogens is 1. The van der Waals surface area contributed by atoms with Gasteiger partial charge in [0.15, 0.2) is 4.80 Å². The molecule has 1 aromatic carbocycles. The predicted octanol–water partition coefficient (Wildman–Crippen LogP) is 0.761. The predicted molar refractivity (Wildman–Crippen MR) is 93.1 cm³/mol. The van der Waals surface area contributed by atoms with Crippen LogP contribution in [0.2, 0.25) is 0 Å². The number of fused-ring (bicyclic) bond motifs is 1. The smallest absolute Gasteiger partial charge is 0.325 e. The van der Waals surface area contributed by atoms with Crippen LogP contribution < -0.4 is 4.80 Å². The summed E-state index contributed by atoms with van der Waals surface area (Å²) in [5.74, 6) is -1.82. The normalized spacial score (nSPS) is 15.2. The molecule has 0 aliphatic carbocycles. The highest BCUT2D eigenvalue weighted by atomic mass is 32.1. The number of carbonyl (C=O) groups is 4. The lowest BCUT2D eigenvalue weighted by Crippen LogP contribution is -2.34. The summed E-state index contributed by atoms with van der Waals surface area (Å²) in [6, 6.07) is 5.65. The Kier molecular flexibility index (Phi) is 4.99. The highest BCUT2D eigenvalue weighted by molar-refractivity contribution is 7.16. The van der Waals surface area contributed by atoms with Crippen molar-refractivity contribution in [2.24, 2.45) is 4.99 Å². The standard InChI is InChI=1S/C17H17N3O5S/c1-10-4-3-5-11-16(10)20(9-15(24)25-2)17(26-11)18-12(21)8-19-13(22)6-7-14(19)23/h3-5H,6-9H2,1-2H3. The molecule has 2 aromatic rings. The Labute approximate surface area is 152 Å². The second kappa shape index (κ2) is 7.20. The average Bonchev–Trinajstić information content (AvgIpc) is 3.10. The Morgan fingerprint density at radius 2 is 1.88 bits per heavy atom. The van der Waals surface area contributed by atoms with E-state index in [9.17, 15) is 19.2 Å². The van der Waals surface area contributed by atoms with Crippen LogP contribution in [0, 0.1) is 6.92 Å². The van der Waals surface area contributed by atoms with Crippen LogP contribution in [0.15, 0.2) is 23.2 Å². The Bertz CT molecular complexity index is 972. The maximum Gasteiger partial charge on any atom is 0.325 e. The van der Waals surface area contributed by atoms with Crippen molar-refractivity contribution in [1.82, 2.24) is 9.47 Å². The number of amides is 3. The quantitative estimate of drug-likeness (QED) is 0.580. The second-order valence-electron chi connectivity index (χ2n) is 5.85. The van der Waals surface area contributed by atoms with E-state index in [1.807, 2.05) is 25.1 Å². The number of thiazole rings is 1. The molecule has 0 bridgehead atoms. The van der Waals surface area contributed by atoms with Gasteiger partial charge in [-0.2, -0.15) is 4.99 Å². The lowest BCUT2D eigenvalue weighted by Gasteiger charge is -2.10. The van der Waals surface area contributed by atoms with Crippen molar-refractivity contribution in [2.45, 2.75) is 26.3 Å². The van der Waals surface area contributed by atoms with Gasteiger partial charge in [-0.25, -0.2) is 0 Å². The molecule has 0 atom stereocenters. The first-order valence-corrected chi connectivity index (χ1v) is 8.79. The lowest BCUT2D eigenvalue weighted by molar-refractivity contribution is -0.142. The Morgan fingerprint density at radius 3 is 2.54 bits per heavy atom. The maximum absolute atomic E-state index is 12.3. The minimum Gasteiger partial charge on any atom is -0.468 e. The fourth-order valence-corrected chi connectivity index (χ4v) is 3.93. The number of hydrogen-bond donors (Lipinski definition) is 0. The van der Waals surface area contributed by atoms with Gasteiger partial charge in [0.05, 0.1) is 17.3 Å². The van der Waals surface area contributed by atoms with Crippen molar-refractivity contribution in [3.8, 4) is 0 Å². The maximum atomic E-state index is 12.3. The van der Waals surface area contributed by atoms with Crippen LogP contribution in [0.5, 0.6) is 0 Å². The van der Waals surface area contributed by atoms with Crippen LogP contribution in [0.4, 0.5) is 0 Å². The molecular formula is C17H17N3O5S. The van der Waals surface area contributed by atoms with E-state index in [0.29, 0.717) is 4.80 Å². The minimum atomic E-state index is -0.614. The van der Waals surface area contributed by atoms with E-state index < -0.39 is 11.9 Å². The third-order valence-electron chi connectivity index (χ3n) is 4.09. The molecule has 3 rings (SSSR count). The molecule has 9 heteroatoms. The molecule has 0 N–H and O–H groups in total. The van der Waals surface area contributed by atoms with Crippen LogP contribution in [-0.2, 0) is 30.5 Å². The molecular weight excluding hydrogens is 358 g/mol. The van der Waals surface area contributed by atoms with Crippen LogP contribution >= 0.6 is 11.3 Å². The number of nitrogens with zero attached hydrogens (tertiary/aromatic N) is 3. The van der Waals surface area contributed by atoms with E-state index in [2.05, 4.69) is 4.99 Å². The molecule has 0 radical (unpaired) electrons. The van der Waals surface area contributed by atoms with Gasteiger partial charge in [0, 0.05) is 12.8 Å². The summed E-state index contributed by atoms with van der Waals surface area (Å²) < 4.78 is 7.22. The fourth-order valence-electron chi connectivity index (χ4n) is 2.81. The van der Waals surface area contributed by atoms with Gasteiger partial charge in [-0.1, -0.05) is 23.5 Å². The average molecular weight is 375 g/mol. The summed E-state index contributed by atoms with van der Waals surface area (Å²) in [7, 11) is 1.29. The summed E-state index contributed by atoms with van der Waals surface area (Å²) in [4.78, 5) is 52.7. The van der Waals surface area contributed by atoms with Crippen molar-refractivity contribution in [2.75, 3.05) is 13.7 Å². The molecule has 0 spiro atoms. The number of methoxy groups -OCH3 is 1. The van der Waals surface area contributed by atoms with Crippen molar-refractivity contribution in [3.63, 3.8) is 0 Å². The summed E-state index contributed by atoms with van der Waals surface area (Å²) >= 11 is 1.26. The van der Waals surface area contributed by atoms with E-state index in [1.165, 1.54) is 18.4 Å². The zero-order valence-electron chi connectivity index (χ0n) is 14.4. The zero-order valence-corrected chi connectivity index (χ0v) is 15.2. The van der Waals surface area contributed by atoms with Crippen molar-refractivity contribution < 1.29 is 23.9 Å². The number of para-hydroxylation sites is 1. The monoisotopic (exact) mass is 375 g/mol. The highest BCUT2D eigenvalue weighted by Crippen LogP contribution is 2.21. The molecule has 0 saturated carbocycles. The van der Waals surface area contributed by atoms with E-state index >= 15 is 0 Å². The van der Waals surface area contributed by atoms with Gasteiger partial charge in [-0.05, 0) is 18.6 Å². The molecule has 2 heterocycles. The molecule has 3 amide bonds. The third kappa shape index (κ3) is 3.43. The molecule has 0 unspecified atom stereocenters. The van der Waals surface area contributed by atoms with E-state index in [-0.39, 0.29) is 37.7 Å². The van der Waals surface area contributed by atoms with Gasteiger partial charge in [0.1, 0.15) is 13.1 Å². The molecule has 1 aromatic heterocycles. The summed E-state index contributed by atoms with van der Waals surface area (Å²) in [5, 5.41) is 0. The SMILES string of the molecule is COC(=O)Cn1c(=NC(=O)CN2C(=O)CCC2=O)sc2cccc(C)c21. The van der Waals surface area contributed by atoms with Gasteiger partial charge in [-0.15, -0.1) is 0 Å². The number of ether oxygens (including phenoxy) is 1. The first-order valence-electron chi connectivity index (χ1n) is 7.97. The number of esters is 1. The summed E-state index contributed by atoms with van der Waals surface area (Å²) in [5.41, 5.74) is 1.73. The lowest BCUT2D eigenvalue weighted by atomic mass is 10.2. The van der Waals surface area contributed by atoms with Crippen LogP contribution in [-0.4, -0.2) is 46.8 Å². The molecule has 1 fully saturated rings. The third-order valence-corrected chi connectivity index (χ3v) is 5.13. The van der Waals surface area contributed by atoms with Crippen molar-refractivity contribution >= 4 is 45.2 Å². The second-order valence-corrected chi connectivity index (χ2v) is 6.86. The molecule has 136 valence electrons. The number of aryl methyl sites for hydroxylation is 1. The minimum absolute atomic E-state index is 0.0883. The van der Waals surface area contributed by atoms with Gasteiger partial charge >= 0.3 is 5.97 Å². The number of likely N-dealkylation sites (tertiary alicyclic amines) is 1. The summed E-state index contributed by atoms with van der Waals surface area (Å²) in [6.45, 7) is 1.42. The zero-order chi connectivity index (χ0) is 18.8. The van der Waals surface area contributed by atoms with Gasteiger partial charge in [0.25, 0.3) is 5.91 Å². The molecule has 1 saturated heterocycles. The van der Waals surface area contributed by atoms with E-state index in [4.69, 9.17) is 4.74 Å². The Morgan fingerprint density at radius 1 is 1.19 bits per heavy atom. The van der Waals surface area contributed by atoms with Gasteiger partial charge < -0.3 is 9.30 Å². The number of imide groups is 1. The van der Waals surface area contributed by atoms with E-state index in [1.54, 1.807) is 4.57 Å². The number of rotatable bonds is 4. The number of benzene rings is 1. The van der Waals surface area contributed by atoms with E-state index in [0.717, 1.165) is 20.7 Å². The van der Waals surface area contributed by atoms with Crippen LogP contribution in [0.1, 0.15) is 18.4 Å². The molecule has 1 aliphatic rings. The largest absolute Gasteiger partial charge is 0.468 e. The molecule has 26 heavy (non-hydrogen) atoms. The van der Waals surface area contributed by atoms with Crippen LogP contribution in [0.3, 0.4) is 0 Å². The number of carbonyl (C=O) groups excluding carboxylic acids is 4. The first-order chi connectivity index (χ1) is 12.4. The Hall–Kier alpha value is -2.81. The van der Waals surface area contributed by atoms with Gasteiger partial charge in [-0.3, -0.25) is 24.1 Å². The highest BCUT2D eigenvalue weighted by Gasteiger charge is 2.30. The van der Waals surface area contributed by atoms with Crippen molar-refractivity contribution in [1.29, 1.82) is 0 Å². The summed E-state index contributed by atoms with van der Waals surface area (Å²) in [6.07, 6.45) is 0.243. The van der Waals surface area contributed by atoms with Gasteiger partial charge in [0.2, 0.25) is 11.8 Å². The number of hydrogen-bond acceptors (Lipinski definition) is 6. The molecule has 1 aliphatic heterocycles. The topological polar surface area (TPSA) is 98.0 Å².